The number of carbonyl (C=O) groups is 2. The van der Waals surface area contributed by atoms with Gasteiger partial charge in [0, 0.05) is 57.0 Å². The van der Waals surface area contributed by atoms with Crippen molar-refractivity contribution in [2.24, 2.45) is 0 Å². The molecular formula is C16H23N5O4. The monoisotopic (exact) mass is 349 g/mol. The van der Waals surface area contributed by atoms with E-state index < -0.39 is 16.9 Å². The smallest absolute Gasteiger partial charge is 0.270 e. The highest BCUT2D eigenvalue weighted by atomic mass is 16.6. The van der Waals surface area contributed by atoms with Crippen LogP contribution in [0.1, 0.15) is 17.3 Å². The fourth-order valence-corrected chi connectivity index (χ4v) is 2.53. The van der Waals surface area contributed by atoms with Crippen LogP contribution in [0.15, 0.2) is 24.3 Å². The van der Waals surface area contributed by atoms with Crippen molar-refractivity contribution in [2.75, 3.05) is 39.3 Å². The molecule has 0 aromatic heterocycles. The van der Waals surface area contributed by atoms with Gasteiger partial charge < -0.3 is 16.0 Å². The summed E-state index contributed by atoms with van der Waals surface area (Å²) in [5.74, 6) is -0.803. The molecule has 0 radical (unpaired) electrons. The van der Waals surface area contributed by atoms with Gasteiger partial charge in [-0.3, -0.25) is 24.6 Å². The molecule has 1 aromatic carbocycles. The molecule has 9 heteroatoms. The van der Waals surface area contributed by atoms with Crippen LogP contribution in [0.3, 0.4) is 0 Å². The first kappa shape index (κ1) is 18.8. The van der Waals surface area contributed by atoms with Gasteiger partial charge in [0.15, 0.2) is 0 Å². The Hall–Kier alpha value is -2.52. The Morgan fingerprint density at radius 1 is 1.36 bits per heavy atom. The summed E-state index contributed by atoms with van der Waals surface area (Å²) in [5.41, 5.74) is -0.0181. The molecule has 1 fully saturated rings. The zero-order valence-corrected chi connectivity index (χ0v) is 14.2. The lowest BCUT2D eigenvalue weighted by Crippen LogP contribution is -2.49. The second kappa shape index (κ2) is 9.09. The summed E-state index contributed by atoms with van der Waals surface area (Å²) in [5, 5.41) is 19.4. The molecule has 3 N–H and O–H groups in total. The van der Waals surface area contributed by atoms with Crippen LogP contribution in [0.2, 0.25) is 0 Å². The quantitative estimate of drug-likeness (QED) is 0.461. The van der Waals surface area contributed by atoms with Gasteiger partial charge in [0.2, 0.25) is 5.91 Å². The Labute approximate surface area is 145 Å². The van der Waals surface area contributed by atoms with E-state index in [1.807, 2.05) is 0 Å². The van der Waals surface area contributed by atoms with Crippen molar-refractivity contribution < 1.29 is 14.5 Å². The summed E-state index contributed by atoms with van der Waals surface area (Å²) in [6.45, 7) is 6.65. The molecule has 9 nitrogen and oxygen atoms in total. The van der Waals surface area contributed by atoms with Crippen molar-refractivity contribution in [2.45, 2.75) is 13.0 Å². The normalized spacial score (nSPS) is 16.0. The van der Waals surface area contributed by atoms with Crippen LogP contribution in [0.25, 0.3) is 0 Å². The number of nitro benzene ring substituents is 1. The maximum atomic E-state index is 12.1. The molecular weight excluding hydrogens is 326 g/mol. The predicted octanol–water partition coefficient (Wildman–Crippen LogP) is -0.265. The number of non-ortho nitro benzene ring substituents is 1. The largest absolute Gasteiger partial charge is 0.353 e. The lowest BCUT2D eigenvalue weighted by Gasteiger charge is -2.27. The van der Waals surface area contributed by atoms with Crippen LogP contribution in [0.4, 0.5) is 5.69 Å². The number of benzene rings is 1. The van der Waals surface area contributed by atoms with Crippen LogP contribution < -0.4 is 16.0 Å². The predicted molar refractivity (Wildman–Crippen MR) is 92.3 cm³/mol. The Bertz CT molecular complexity index is 631. The van der Waals surface area contributed by atoms with Crippen molar-refractivity contribution in [3.8, 4) is 0 Å². The molecule has 1 aliphatic heterocycles. The Balaban J connectivity index is 1.78. The van der Waals surface area contributed by atoms with Gasteiger partial charge in [-0.2, -0.15) is 0 Å². The molecule has 0 aliphatic carbocycles. The first-order valence-corrected chi connectivity index (χ1v) is 8.23. The summed E-state index contributed by atoms with van der Waals surface area (Å²) in [7, 11) is 0. The van der Waals surface area contributed by atoms with Gasteiger partial charge >= 0.3 is 0 Å². The molecule has 0 bridgehead atoms. The van der Waals surface area contributed by atoms with Gasteiger partial charge in [-0.1, -0.05) is 6.07 Å². The van der Waals surface area contributed by atoms with Gasteiger partial charge in [0.05, 0.1) is 4.92 Å². The molecule has 1 aliphatic rings. The van der Waals surface area contributed by atoms with Crippen molar-refractivity contribution in [3.63, 3.8) is 0 Å². The van der Waals surface area contributed by atoms with Crippen LogP contribution in [0.5, 0.6) is 0 Å². The Morgan fingerprint density at radius 2 is 2.08 bits per heavy atom. The van der Waals surface area contributed by atoms with E-state index in [0.29, 0.717) is 6.54 Å². The number of carbonyl (C=O) groups excluding carboxylic acids is 2. The molecule has 25 heavy (non-hydrogen) atoms. The minimum atomic E-state index is -0.727. The molecule has 2 rings (SSSR count). The van der Waals surface area contributed by atoms with E-state index in [4.69, 9.17) is 0 Å². The zero-order valence-electron chi connectivity index (χ0n) is 14.2. The van der Waals surface area contributed by atoms with Crippen molar-refractivity contribution in [1.29, 1.82) is 0 Å². The molecule has 0 spiro atoms. The third-order valence-corrected chi connectivity index (χ3v) is 4.00. The molecule has 0 saturated carbocycles. The number of rotatable bonds is 7. The second-order valence-electron chi connectivity index (χ2n) is 5.89. The average molecular weight is 349 g/mol. The third kappa shape index (κ3) is 5.80. The van der Waals surface area contributed by atoms with E-state index in [1.165, 1.54) is 24.3 Å². The van der Waals surface area contributed by atoms with Gasteiger partial charge in [0.25, 0.3) is 11.6 Å². The first-order valence-electron chi connectivity index (χ1n) is 8.23. The van der Waals surface area contributed by atoms with Crippen LogP contribution >= 0.6 is 0 Å². The summed E-state index contributed by atoms with van der Waals surface area (Å²) < 4.78 is 0. The van der Waals surface area contributed by atoms with Crippen molar-refractivity contribution >= 4 is 17.5 Å². The van der Waals surface area contributed by atoms with E-state index in [1.54, 1.807) is 6.92 Å². The maximum absolute atomic E-state index is 12.1. The highest BCUT2D eigenvalue weighted by Gasteiger charge is 2.18. The standard InChI is InChI=1S/C16H23N5O4/c1-12(15(22)18-7-10-20-8-5-17-6-9-20)19-16(23)13-3-2-4-14(11-13)21(24)25/h2-4,11-12,17H,5-10H2,1H3,(H,18,22)(H,19,23). The Morgan fingerprint density at radius 3 is 2.76 bits per heavy atom. The summed E-state index contributed by atoms with van der Waals surface area (Å²) in [4.78, 5) is 36.6. The van der Waals surface area contributed by atoms with Gasteiger partial charge in [0.1, 0.15) is 6.04 Å². The molecule has 1 unspecified atom stereocenters. The number of piperazine rings is 1. The molecule has 1 atom stereocenters. The van der Waals surface area contributed by atoms with Gasteiger partial charge in [-0.15, -0.1) is 0 Å². The molecule has 1 saturated heterocycles. The van der Waals surface area contributed by atoms with Crippen LogP contribution in [-0.2, 0) is 4.79 Å². The molecule has 136 valence electrons. The summed E-state index contributed by atoms with van der Waals surface area (Å²) in [6, 6.07) is 4.67. The van der Waals surface area contributed by atoms with Crippen molar-refractivity contribution in [1.82, 2.24) is 20.9 Å². The number of nitro groups is 1. The van der Waals surface area contributed by atoms with E-state index in [9.17, 15) is 19.7 Å². The lowest BCUT2D eigenvalue weighted by atomic mass is 10.1. The van der Waals surface area contributed by atoms with Crippen molar-refractivity contribution in [3.05, 3.63) is 39.9 Å². The van der Waals surface area contributed by atoms with E-state index in [2.05, 4.69) is 20.9 Å². The number of hydrogen-bond donors (Lipinski definition) is 3. The lowest BCUT2D eigenvalue weighted by molar-refractivity contribution is -0.384. The summed E-state index contributed by atoms with van der Waals surface area (Å²) in [6.07, 6.45) is 0. The van der Waals surface area contributed by atoms with E-state index in [-0.39, 0.29) is 17.2 Å². The fourth-order valence-electron chi connectivity index (χ4n) is 2.53. The number of nitrogens with one attached hydrogen (secondary N) is 3. The minimum absolute atomic E-state index is 0.148. The van der Waals surface area contributed by atoms with E-state index in [0.717, 1.165) is 32.7 Å². The SMILES string of the molecule is CC(NC(=O)c1cccc([N+](=O)[O-])c1)C(=O)NCCN1CCNCC1. The molecule has 2 amide bonds. The van der Waals surface area contributed by atoms with E-state index >= 15 is 0 Å². The van der Waals surface area contributed by atoms with Gasteiger partial charge in [-0.25, -0.2) is 0 Å². The number of amides is 2. The number of hydrogen-bond acceptors (Lipinski definition) is 6. The third-order valence-electron chi connectivity index (χ3n) is 4.00. The Kier molecular flexibility index (Phi) is 6.84. The number of nitrogens with zero attached hydrogens (tertiary/aromatic N) is 2. The van der Waals surface area contributed by atoms with Gasteiger partial charge in [-0.05, 0) is 13.0 Å². The second-order valence-corrected chi connectivity index (χ2v) is 5.89. The summed E-state index contributed by atoms with van der Waals surface area (Å²) >= 11 is 0. The fraction of sp³-hybridized carbons (Fsp3) is 0.500. The topological polar surface area (TPSA) is 117 Å². The minimum Gasteiger partial charge on any atom is -0.353 e. The zero-order chi connectivity index (χ0) is 18.2. The highest BCUT2D eigenvalue weighted by Crippen LogP contribution is 2.13. The van der Waals surface area contributed by atoms with Crippen LogP contribution in [-0.4, -0.2) is 66.9 Å². The maximum Gasteiger partial charge on any atom is 0.270 e. The molecule has 1 aromatic rings. The first-order chi connectivity index (χ1) is 12.0. The molecule has 1 heterocycles. The highest BCUT2D eigenvalue weighted by molar-refractivity contribution is 5.97. The average Bonchev–Trinajstić information content (AvgIpc) is 2.62. The van der Waals surface area contributed by atoms with Crippen LogP contribution in [0, 0.1) is 10.1 Å².